The Kier molecular flexibility index (Phi) is 13.1. The van der Waals surface area contributed by atoms with Gasteiger partial charge in [-0.3, -0.25) is 0 Å². The molecule has 4 aromatic rings. The average Bonchev–Trinajstić information content (AvgIpc) is 3.77. The Bertz CT molecular complexity index is 1490. The Hall–Kier alpha value is -3.36. The number of hydrogen-bond acceptors (Lipinski definition) is 6. The summed E-state index contributed by atoms with van der Waals surface area (Å²) in [5.41, 5.74) is 3.71. The van der Waals surface area contributed by atoms with E-state index in [4.69, 9.17) is 28.4 Å². The zero-order chi connectivity index (χ0) is 33.7. The first-order valence-electron chi connectivity index (χ1n) is 18.0. The van der Waals surface area contributed by atoms with E-state index in [2.05, 4.69) is 55.5 Å². The van der Waals surface area contributed by atoms with E-state index in [9.17, 15) is 0 Å². The minimum atomic E-state index is -0.690. The first-order chi connectivity index (χ1) is 24.2. The number of hydrogen-bond donors (Lipinski definition) is 0. The molecule has 1 saturated heterocycles. The third kappa shape index (κ3) is 9.06. The van der Waals surface area contributed by atoms with E-state index in [1.54, 1.807) is 7.11 Å². The number of rotatable bonds is 19. The van der Waals surface area contributed by atoms with Gasteiger partial charge in [0.2, 0.25) is 0 Å². The smallest absolute Gasteiger partial charge is 0.129 e. The number of unbranched alkanes of at least 4 members (excludes halogenated alkanes) is 3. The summed E-state index contributed by atoms with van der Waals surface area (Å²) >= 11 is 0. The van der Waals surface area contributed by atoms with Crippen molar-refractivity contribution in [1.82, 2.24) is 0 Å². The molecule has 6 rings (SSSR count). The summed E-state index contributed by atoms with van der Waals surface area (Å²) in [4.78, 5) is 0. The second kappa shape index (κ2) is 18.0. The molecule has 0 bridgehead atoms. The van der Waals surface area contributed by atoms with Gasteiger partial charge in [-0.2, -0.15) is 0 Å². The monoisotopic (exact) mass is 664 g/mol. The maximum Gasteiger partial charge on any atom is 0.129 e. The van der Waals surface area contributed by atoms with Crippen LogP contribution < -0.4 is 0 Å². The van der Waals surface area contributed by atoms with Gasteiger partial charge in [-0.1, -0.05) is 154 Å². The fourth-order valence-corrected chi connectivity index (χ4v) is 7.40. The molecular formula is C43H52O6. The molecule has 0 amide bonds. The number of ether oxygens (including phenoxy) is 6. The molecular weight excluding hydrogens is 612 g/mol. The highest BCUT2D eigenvalue weighted by Gasteiger charge is 2.76. The van der Waals surface area contributed by atoms with Gasteiger partial charge in [0.25, 0.3) is 0 Å². The largest absolute Gasteiger partial charge is 0.378 e. The molecule has 6 nitrogen and oxygen atoms in total. The Morgan fingerprint density at radius 1 is 0.551 bits per heavy atom. The fourth-order valence-electron chi connectivity index (χ4n) is 7.40. The molecule has 2 aliphatic rings. The Balaban J connectivity index is 1.34. The molecule has 1 saturated carbocycles. The normalized spacial score (nSPS) is 26.2. The zero-order valence-corrected chi connectivity index (χ0v) is 29.0. The summed E-state index contributed by atoms with van der Waals surface area (Å²) in [5, 5.41) is 0. The Morgan fingerprint density at radius 2 is 1.04 bits per heavy atom. The van der Waals surface area contributed by atoms with Crippen LogP contribution in [0.15, 0.2) is 121 Å². The molecule has 1 spiro atoms. The first-order valence-corrected chi connectivity index (χ1v) is 18.0. The second-order valence-electron chi connectivity index (χ2n) is 13.4. The van der Waals surface area contributed by atoms with Crippen LogP contribution in [0.4, 0.5) is 0 Å². The maximum absolute atomic E-state index is 7.30. The van der Waals surface area contributed by atoms with Crippen molar-refractivity contribution in [3.05, 3.63) is 144 Å². The van der Waals surface area contributed by atoms with Crippen molar-refractivity contribution in [3.8, 4) is 0 Å². The van der Waals surface area contributed by atoms with E-state index in [1.165, 1.54) is 19.3 Å². The van der Waals surface area contributed by atoms with Gasteiger partial charge in [0.1, 0.15) is 30.0 Å². The van der Waals surface area contributed by atoms with Crippen LogP contribution in [0, 0.1) is 5.92 Å². The van der Waals surface area contributed by atoms with Crippen molar-refractivity contribution in [1.29, 1.82) is 0 Å². The quantitative estimate of drug-likeness (QED) is 0.0935. The molecule has 260 valence electrons. The fraction of sp³-hybridized carbons (Fsp3) is 0.442. The molecule has 0 N–H and O–H groups in total. The molecule has 0 radical (unpaired) electrons. The van der Waals surface area contributed by atoms with Crippen molar-refractivity contribution in [2.24, 2.45) is 5.92 Å². The molecule has 1 heterocycles. The van der Waals surface area contributed by atoms with Gasteiger partial charge >= 0.3 is 0 Å². The predicted octanol–water partition coefficient (Wildman–Crippen LogP) is 8.71. The molecule has 6 heteroatoms. The minimum Gasteiger partial charge on any atom is -0.378 e. The molecule has 1 aliphatic heterocycles. The molecule has 7 atom stereocenters. The molecule has 1 aliphatic carbocycles. The van der Waals surface area contributed by atoms with Crippen molar-refractivity contribution in [2.45, 2.75) is 102 Å². The van der Waals surface area contributed by atoms with Gasteiger partial charge in [0.05, 0.1) is 39.1 Å². The van der Waals surface area contributed by atoms with E-state index in [0.29, 0.717) is 33.0 Å². The number of benzene rings is 4. The van der Waals surface area contributed by atoms with Crippen LogP contribution in [-0.2, 0) is 54.8 Å². The summed E-state index contributed by atoms with van der Waals surface area (Å²) < 4.78 is 40.8. The summed E-state index contributed by atoms with van der Waals surface area (Å²) in [6.45, 7) is 4.36. The lowest BCUT2D eigenvalue weighted by Gasteiger charge is -2.47. The van der Waals surface area contributed by atoms with Crippen LogP contribution in [0.5, 0.6) is 0 Å². The highest BCUT2D eigenvalue weighted by Crippen LogP contribution is 2.59. The van der Waals surface area contributed by atoms with Crippen LogP contribution in [-0.4, -0.2) is 49.8 Å². The van der Waals surface area contributed by atoms with E-state index in [1.807, 2.05) is 72.8 Å². The summed E-state index contributed by atoms with van der Waals surface area (Å²) in [5.74, 6) is 0.171. The third-order valence-electron chi connectivity index (χ3n) is 9.93. The van der Waals surface area contributed by atoms with Gasteiger partial charge in [0, 0.05) is 13.0 Å². The highest BCUT2D eigenvalue weighted by molar-refractivity contribution is 5.26. The van der Waals surface area contributed by atoms with Crippen LogP contribution in [0.2, 0.25) is 0 Å². The SMILES string of the molecule is CCCCCC[C@H]1[C@@H](OC)[C@@]12O[C@H](COCc1ccccc1)[C@@H](OCc1ccccc1)[C@H](OCc1ccccc1)[C@H]2OCc1ccccc1. The predicted molar refractivity (Wildman–Crippen MR) is 192 cm³/mol. The van der Waals surface area contributed by atoms with Crippen molar-refractivity contribution < 1.29 is 28.4 Å². The molecule has 0 aromatic heterocycles. The summed E-state index contributed by atoms with van der Waals surface area (Å²) in [6.07, 6.45) is 3.89. The Morgan fingerprint density at radius 3 is 1.55 bits per heavy atom. The van der Waals surface area contributed by atoms with Gasteiger partial charge in [-0.15, -0.1) is 0 Å². The summed E-state index contributed by atoms with van der Waals surface area (Å²) in [6, 6.07) is 41.2. The maximum atomic E-state index is 7.30. The third-order valence-corrected chi connectivity index (χ3v) is 9.93. The topological polar surface area (TPSA) is 55.4 Å². The van der Waals surface area contributed by atoms with Crippen molar-refractivity contribution in [3.63, 3.8) is 0 Å². The summed E-state index contributed by atoms with van der Waals surface area (Å²) in [7, 11) is 1.80. The van der Waals surface area contributed by atoms with E-state index >= 15 is 0 Å². The van der Waals surface area contributed by atoms with Gasteiger partial charge in [-0.25, -0.2) is 0 Å². The molecule has 4 aromatic carbocycles. The lowest BCUT2D eigenvalue weighted by molar-refractivity contribution is -0.291. The van der Waals surface area contributed by atoms with Crippen LogP contribution in [0.3, 0.4) is 0 Å². The van der Waals surface area contributed by atoms with Crippen molar-refractivity contribution >= 4 is 0 Å². The average molecular weight is 665 g/mol. The molecule has 2 fully saturated rings. The van der Waals surface area contributed by atoms with Crippen LogP contribution in [0.25, 0.3) is 0 Å². The molecule has 0 unspecified atom stereocenters. The number of methoxy groups -OCH3 is 1. The van der Waals surface area contributed by atoms with E-state index in [-0.39, 0.29) is 12.0 Å². The van der Waals surface area contributed by atoms with Gasteiger partial charge < -0.3 is 28.4 Å². The standard InChI is InChI=1S/C43H52O6/c1-3-4-5-18-27-37-41(44-2)43(37)42(48-31-36-25-16-9-17-26-36)40(47-30-35-23-14-8-15-24-35)39(46-29-34-21-12-7-13-22-34)38(49-43)32-45-28-33-19-10-6-11-20-33/h6-17,19-26,37-42H,3-5,18,27-32H2,1-2H3/t37-,38+,39+,40-,41+,42+,43-/m0/s1. The lowest BCUT2D eigenvalue weighted by Crippen LogP contribution is -2.64. The molecule has 49 heavy (non-hydrogen) atoms. The Labute approximate surface area is 292 Å². The minimum absolute atomic E-state index is 0.121. The first kappa shape index (κ1) is 35.5. The highest BCUT2D eigenvalue weighted by atomic mass is 16.6. The van der Waals surface area contributed by atoms with Crippen molar-refractivity contribution in [2.75, 3.05) is 13.7 Å². The second-order valence-corrected chi connectivity index (χ2v) is 13.4. The zero-order valence-electron chi connectivity index (χ0n) is 29.0. The van der Waals surface area contributed by atoms with Gasteiger partial charge in [-0.05, 0) is 28.7 Å². The lowest BCUT2D eigenvalue weighted by atomic mass is 9.90. The van der Waals surface area contributed by atoms with Crippen LogP contribution >= 0.6 is 0 Å². The van der Waals surface area contributed by atoms with Crippen LogP contribution in [0.1, 0.15) is 61.3 Å². The van der Waals surface area contributed by atoms with Gasteiger partial charge in [0.15, 0.2) is 0 Å². The van der Waals surface area contributed by atoms with E-state index < -0.39 is 30.0 Å². The van der Waals surface area contributed by atoms with E-state index in [0.717, 1.165) is 35.1 Å².